The molecule has 6 unspecified atom stereocenters. The monoisotopic (exact) mass is 281 g/mol. The smallest absolute Gasteiger partial charge is 0.246 e. The van der Waals surface area contributed by atoms with Gasteiger partial charge >= 0.3 is 0 Å². The lowest BCUT2D eigenvalue weighted by molar-refractivity contribution is -0.129. The molecule has 6 heteroatoms. The van der Waals surface area contributed by atoms with Gasteiger partial charge in [0.15, 0.2) is 0 Å². The van der Waals surface area contributed by atoms with Gasteiger partial charge in [-0.25, -0.2) is 0 Å². The average Bonchev–Trinajstić information content (AvgIpc) is 3.11. The molecule has 0 radical (unpaired) electrons. The zero-order valence-corrected chi connectivity index (χ0v) is 11.6. The van der Waals surface area contributed by atoms with E-state index in [9.17, 15) is 9.59 Å². The first-order valence-electron chi connectivity index (χ1n) is 7.54. The van der Waals surface area contributed by atoms with E-state index in [0.717, 1.165) is 19.3 Å². The summed E-state index contributed by atoms with van der Waals surface area (Å²) in [5, 5.41) is 2.95. The molecular weight excluding hydrogens is 258 g/mol. The summed E-state index contributed by atoms with van der Waals surface area (Å²) in [6, 6.07) is 0.0108. The van der Waals surface area contributed by atoms with Crippen LogP contribution in [0.3, 0.4) is 0 Å². The van der Waals surface area contributed by atoms with Gasteiger partial charge in [0.05, 0.1) is 12.0 Å². The molecule has 20 heavy (non-hydrogen) atoms. The fourth-order valence-electron chi connectivity index (χ4n) is 4.12. The molecule has 2 aliphatic carbocycles. The third kappa shape index (κ3) is 2.42. The number of amides is 2. The fourth-order valence-corrected chi connectivity index (χ4v) is 4.12. The summed E-state index contributed by atoms with van der Waals surface area (Å²) in [6.45, 7) is 0.448. The van der Waals surface area contributed by atoms with E-state index < -0.39 is 12.0 Å². The van der Waals surface area contributed by atoms with Gasteiger partial charge in [0.1, 0.15) is 6.10 Å². The van der Waals surface area contributed by atoms with Crippen LogP contribution in [0.1, 0.15) is 32.1 Å². The van der Waals surface area contributed by atoms with Crippen molar-refractivity contribution in [1.29, 1.82) is 0 Å². The van der Waals surface area contributed by atoms with Gasteiger partial charge in [-0.2, -0.15) is 0 Å². The Labute approximate surface area is 118 Å². The molecule has 0 aromatic heterocycles. The minimum atomic E-state index is -0.498. The van der Waals surface area contributed by atoms with Gasteiger partial charge in [0.2, 0.25) is 11.8 Å². The molecule has 1 saturated heterocycles. The molecule has 6 atom stereocenters. The van der Waals surface area contributed by atoms with Crippen molar-refractivity contribution in [2.75, 3.05) is 6.54 Å². The van der Waals surface area contributed by atoms with Crippen LogP contribution in [0.4, 0.5) is 0 Å². The van der Waals surface area contributed by atoms with Crippen molar-refractivity contribution in [3.63, 3.8) is 0 Å². The maximum absolute atomic E-state index is 12.3. The normalized spacial score (nSPS) is 42.9. The van der Waals surface area contributed by atoms with Crippen molar-refractivity contribution >= 4 is 11.8 Å². The molecular formula is C14H23N3O3. The number of hydrogen-bond acceptors (Lipinski definition) is 4. The van der Waals surface area contributed by atoms with Crippen LogP contribution in [-0.4, -0.2) is 36.6 Å². The SMILES string of the molecule is NC(=O)C1CCC(CNC(=O)C2C3CCC(C3)C2N)O1. The number of nitrogens with one attached hydrogen (secondary N) is 1. The van der Waals surface area contributed by atoms with Crippen molar-refractivity contribution in [2.45, 2.75) is 50.4 Å². The number of carbonyl (C=O) groups excluding carboxylic acids is 2. The van der Waals surface area contributed by atoms with E-state index in [1.165, 1.54) is 6.42 Å². The zero-order chi connectivity index (χ0) is 14.3. The maximum atomic E-state index is 12.3. The summed E-state index contributed by atoms with van der Waals surface area (Å²) in [5.74, 6) is 0.572. The van der Waals surface area contributed by atoms with Crippen LogP contribution in [0.2, 0.25) is 0 Å². The topological polar surface area (TPSA) is 107 Å². The van der Waals surface area contributed by atoms with E-state index in [2.05, 4.69) is 5.32 Å². The molecule has 0 spiro atoms. The van der Waals surface area contributed by atoms with Gasteiger partial charge in [-0.1, -0.05) is 0 Å². The third-order valence-corrected chi connectivity index (χ3v) is 5.21. The number of fused-ring (bicyclic) bond motifs is 2. The number of carbonyl (C=O) groups is 2. The highest BCUT2D eigenvalue weighted by Gasteiger charge is 2.49. The minimum absolute atomic E-state index is 0.0108. The average molecular weight is 281 g/mol. The molecule has 2 amide bonds. The number of nitrogens with two attached hydrogens (primary N) is 2. The lowest BCUT2D eigenvalue weighted by atomic mass is 9.84. The first-order valence-corrected chi connectivity index (χ1v) is 7.54. The highest BCUT2D eigenvalue weighted by molar-refractivity contribution is 5.80. The highest BCUT2D eigenvalue weighted by atomic mass is 16.5. The summed E-state index contributed by atoms with van der Waals surface area (Å²) in [5.41, 5.74) is 11.4. The largest absolute Gasteiger partial charge is 0.367 e. The molecule has 2 saturated carbocycles. The molecule has 3 fully saturated rings. The van der Waals surface area contributed by atoms with Crippen LogP contribution >= 0.6 is 0 Å². The number of hydrogen-bond donors (Lipinski definition) is 3. The van der Waals surface area contributed by atoms with Crippen molar-refractivity contribution in [3.8, 4) is 0 Å². The standard InChI is InChI=1S/C14H23N3O3/c15-12-8-2-1-7(5-8)11(12)14(19)17-6-9-3-4-10(20-9)13(16)18/h7-12H,1-6,15H2,(H2,16,18)(H,17,19). The summed E-state index contributed by atoms with van der Waals surface area (Å²) < 4.78 is 5.50. The van der Waals surface area contributed by atoms with Crippen LogP contribution in [0.15, 0.2) is 0 Å². The molecule has 6 nitrogen and oxygen atoms in total. The fraction of sp³-hybridized carbons (Fsp3) is 0.857. The van der Waals surface area contributed by atoms with E-state index in [1.807, 2.05) is 0 Å². The minimum Gasteiger partial charge on any atom is -0.367 e. The second-order valence-electron chi connectivity index (χ2n) is 6.41. The summed E-state index contributed by atoms with van der Waals surface area (Å²) >= 11 is 0. The van der Waals surface area contributed by atoms with Gasteiger partial charge in [0, 0.05) is 12.6 Å². The second-order valence-corrected chi connectivity index (χ2v) is 6.41. The van der Waals surface area contributed by atoms with Gasteiger partial charge in [-0.3, -0.25) is 9.59 Å². The molecule has 3 aliphatic rings. The Kier molecular flexibility index (Phi) is 3.69. The quantitative estimate of drug-likeness (QED) is 0.646. The maximum Gasteiger partial charge on any atom is 0.246 e. The van der Waals surface area contributed by atoms with E-state index in [0.29, 0.717) is 24.8 Å². The predicted molar refractivity (Wildman–Crippen MR) is 72.4 cm³/mol. The molecule has 2 bridgehead atoms. The Morgan fingerprint density at radius 1 is 1.15 bits per heavy atom. The number of primary amides is 1. The molecule has 0 aromatic rings. The van der Waals surface area contributed by atoms with Gasteiger partial charge in [0.25, 0.3) is 0 Å². The Morgan fingerprint density at radius 3 is 2.50 bits per heavy atom. The first-order chi connectivity index (χ1) is 9.56. The van der Waals surface area contributed by atoms with Crippen LogP contribution in [0.25, 0.3) is 0 Å². The van der Waals surface area contributed by atoms with Crippen molar-refractivity contribution in [3.05, 3.63) is 0 Å². The first kappa shape index (κ1) is 13.8. The highest BCUT2D eigenvalue weighted by Crippen LogP contribution is 2.47. The van der Waals surface area contributed by atoms with Crippen LogP contribution in [0, 0.1) is 17.8 Å². The molecule has 0 aromatic carbocycles. The van der Waals surface area contributed by atoms with Crippen LogP contribution in [-0.2, 0) is 14.3 Å². The van der Waals surface area contributed by atoms with Gasteiger partial charge < -0.3 is 21.5 Å². The van der Waals surface area contributed by atoms with E-state index in [4.69, 9.17) is 16.2 Å². The zero-order valence-electron chi connectivity index (χ0n) is 11.6. The van der Waals surface area contributed by atoms with E-state index in [1.54, 1.807) is 0 Å². The predicted octanol–water partition coefficient (Wildman–Crippen LogP) is -0.491. The Bertz CT molecular complexity index is 412. The number of ether oxygens (including phenoxy) is 1. The Balaban J connectivity index is 1.47. The van der Waals surface area contributed by atoms with Gasteiger partial charge in [-0.05, 0) is 43.9 Å². The molecule has 112 valence electrons. The molecule has 1 aliphatic heterocycles. The lowest BCUT2D eigenvalue weighted by Crippen LogP contribution is -2.46. The van der Waals surface area contributed by atoms with E-state index >= 15 is 0 Å². The lowest BCUT2D eigenvalue weighted by Gasteiger charge is -2.27. The molecule has 5 N–H and O–H groups in total. The third-order valence-electron chi connectivity index (χ3n) is 5.21. The molecule has 3 rings (SSSR count). The van der Waals surface area contributed by atoms with Crippen molar-refractivity contribution in [2.24, 2.45) is 29.2 Å². The van der Waals surface area contributed by atoms with Crippen molar-refractivity contribution in [1.82, 2.24) is 5.32 Å². The number of rotatable bonds is 4. The Morgan fingerprint density at radius 2 is 1.90 bits per heavy atom. The van der Waals surface area contributed by atoms with Crippen LogP contribution in [0.5, 0.6) is 0 Å². The Hall–Kier alpha value is -1.14. The van der Waals surface area contributed by atoms with Crippen molar-refractivity contribution < 1.29 is 14.3 Å². The second kappa shape index (κ2) is 5.33. The summed E-state index contributed by atoms with van der Waals surface area (Å²) in [6.07, 6.45) is 4.19. The molecule has 1 heterocycles. The summed E-state index contributed by atoms with van der Waals surface area (Å²) in [4.78, 5) is 23.3. The van der Waals surface area contributed by atoms with Crippen LogP contribution < -0.4 is 16.8 Å². The van der Waals surface area contributed by atoms with E-state index in [-0.39, 0.29) is 24.0 Å². The van der Waals surface area contributed by atoms with Gasteiger partial charge in [-0.15, -0.1) is 0 Å². The summed E-state index contributed by atoms with van der Waals surface area (Å²) in [7, 11) is 0.